The first kappa shape index (κ1) is 16.6. The molecule has 1 fully saturated rings. The molecule has 2 aromatic rings. The number of carbonyl (C=O) groups is 2. The van der Waals surface area contributed by atoms with Gasteiger partial charge in [-0.25, -0.2) is 0 Å². The summed E-state index contributed by atoms with van der Waals surface area (Å²) in [6.07, 6.45) is 6.10. The van der Waals surface area contributed by atoms with E-state index in [1.54, 1.807) is 0 Å². The van der Waals surface area contributed by atoms with Crippen LogP contribution in [0.2, 0.25) is 0 Å². The molecule has 1 aromatic heterocycles. The van der Waals surface area contributed by atoms with Crippen LogP contribution in [0.15, 0.2) is 30.5 Å². The summed E-state index contributed by atoms with van der Waals surface area (Å²) in [5, 5.41) is 10.00. The van der Waals surface area contributed by atoms with Crippen molar-refractivity contribution in [3.63, 3.8) is 0 Å². The lowest BCUT2D eigenvalue weighted by Crippen LogP contribution is -2.40. The number of likely N-dealkylation sites (tertiary alicyclic amines) is 1. The van der Waals surface area contributed by atoms with Crippen molar-refractivity contribution in [1.29, 1.82) is 0 Å². The standard InChI is InChI=1S/C19H24N2O3/c22-18(21-11-3-4-14(13-21)7-10-19(23)24)9-8-15-12-20-17-6-2-1-5-16(15)17/h1-2,5-6,12,14,20H,3-4,7-11,13H2,(H,23,24). The Hall–Kier alpha value is -2.30. The number of amides is 1. The van der Waals surface area contributed by atoms with E-state index >= 15 is 0 Å². The number of hydrogen-bond acceptors (Lipinski definition) is 2. The van der Waals surface area contributed by atoms with Gasteiger partial charge >= 0.3 is 5.97 Å². The number of fused-ring (bicyclic) bond motifs is 1. The Balaban J connectivity index is 1.53. The lowest BCUT2D eigenvalue weighted by molar-refractivity contribution is -0.137. The van der Waals surface area contributed by atoms with Crippen molar-refractivity contribution < 1.29 is 14.7 Å². The van der Waals surface area contributed by atoms with E-state index in [-0.39, 0.29) is 12.3 Å². The van der Waals surface area contributed by atoms with Gasteiger partial charge in [-0.05, 0) is 43.2 Å². The summed E-state index contributed by atoms with van der Waals surface area (Å²) in [6.45, 7) is 1.51. The van der Waals surface area contributed by atoms with Crippen LogP contribution in [0.5, 0.6) is 0 Å². The van der Waals surface area contributed by atoms with Gasteiger partial charge in [0.05, 0.1) is 0 Å². The molecule has 1 aromatic carbocycles. The van der Waals surface area contributed by atoms with E-state index in [0.29, 0.717) is 25.3 Å². The summed E-state index contributed by atoms with van der Waals surface area (Å²) in [4.78, 5) is 28.4. The highest BCUT2D eigenvalue weighted by Gasteiger charge is 2.23. The minimum absolute atomic E-state index is 0.181. The second kappa shape index (κ2) is 7.51. The highest BCUT2D eigenvalue weighted by molar-refractivity contribution is 5.84. The first-order valence-corrected chi connectivity index (χ1v) is 8.68. The van der Waals surface area contributed by atoms with Crippen molar-refractivity contribution >= 4 is 22.8 Å². The molecule has 1 unspecified atom stereocenters. The fourth-order valence-electron chi connectivity index (χ4n) is 3.59. The van der Waals surface area contributed by atoms with Crippen molar-refractivity contribution in [2.24, 2.45) is 5.92 Å². The minimum atomic E-state index is -0.752. The lowest BCUT2D eigenvalue weighted by atomic mass is 9.93. The second-order valence-electron chi connectivity index (χ2n) is 6.64. The number of piperidine rings is 1. The zero-order valence-electron chi connectivity index (χ0n) is 13.8. The summed E-state index contributed by atoms with van der Waals surface area (Å²) in [5.74, 6) is -0.245. The van der Waals surface area contributed by atoms with E-state index in [0.717, 1.165) is 31.3 Å². The number of aryl methyl sites for hydroxylation is 1. The van der Waals surface area contributed by atoms with Crippen LogP contribution in [-0.2, 0) is 16.0 Å². The molecule has 0 spiro atoms. The molecule has 24 heavy (non-hydrogen) atoms. The van der Waals surface area contributed by atoms with Gasteiger partial charge in [0.2, 0.25) is 5.91 Å². The number of carbonyl (C=O) groups excluding carboxylic acids is 1. The van der Waals surface area contributed by atoms with Gasteiger partial charge in [-0.2, -0.15) is 0 Å². The van der Waals surface area contributed by atoms with Gasteiger partial charge in [-0.1, -0.05) is 18.2 Å². The van der Waals surface area contributed by atoms with E-state index in [1.165, 1.54) is 10.9 Å². The number of hydrogen-bond donors (Lipinski definition) is 2. The van der Waals surface area contributed by atoms with Gasteiger partial charge in [-0.3, -0.25) is 9.59 Å². The number of carboxylic acid groups (broad SMARTS) is 1. The fourth-order valence-corrected chi connectivity index (χ4v) is 3.59. The van der Waals surface area contributed by atoms with E-state index in [9.17, 15) is 9.59 Å². The van der Waals surface area contributed by atoms with Crippen molar-refractivity contribution in [2.45, 2.75) is 38.5 Å². The van der Waals surface area contributed by atoms with Gasteiger partial charge in [0.25, 0.3) is 0 Å². The zero-order valence-corrected chi connectivity index (χ0v) is 13.8. The molecule has 0 saturated carbocycles. The Morgan fingerprint density at radius 3 is 2.92 bits per heavy atom. The average molecular weight is 328 g/mol. The van der Waals surface area contributed by atoms with E-state index in [2.05, 4.69) is 11.1 Å². The Labute approximate surface area is 141 Å². The van der Waals surface area contributed by atoms with Crippen LogP contribution in [0, 0.1) is 5.92 Å². The highest BCUT2D eigenvalue weighted by atomic mass is 16.4. The number of nitrogens with zero attached hydrogens (tertiary/aromatic N) is 1. The topological polar surface area (TPSA) is 73.4 Å². The van der Waals surface area contributed by atoms with Crippen molar-refractivity contribution in [2.75, 3.05) is 13.1 Å². The van der Waals surface area contributed by atoms with E-state index < -0.39 is 5.97 Å². The number of para-hydroxylation sites is 1. The van der Waals surface area contributed by atoms with E-state index in [1.807, 2.05) is 29.3 Å². The maximum Gasteiger partial charge on any atom is 0.303 e. The molecular formula is C19H24N2O3. The minimum Gasteiger partial charge on any atom is -0.481 e. The van der Waals surface area contributed by atoms with Gasteiger partial charge in [0, 0.05) is 43.0 Å². The highest BCUT2D eigenvalue weighted by Crippen LogP contribution is 2.23. The molecule has 1 saturated heterocycles. The molecule has 5 heteroatoms. The Morgan fingerprint density at radius 2 is 2.08 bits per heavy atom. The molecule has 5 nitrogen and oxygen atoms in total. The Morgan fingerprint density at radius 1 is 1.25 bits per heavy atom. The van der Waals surface area contributed by atoms with Gasteiger partial charge in [0.15, 0.2) is 0 Å². The van der Waals surface area contributed by atoms with Crippen LogP contribution in [-0.4, -0.2) is 40.0 Å². The largest absolute Gasteiger partial charge is 0.481 e. The van der Waals surface area contributed by atoms with E-state index in [4.69, 9.17) is 5.11 Å². The number of rotatable bonds is 6. The van der Waals surface area contributed by atoms with Crippen LogP contribution < -0.4 is 0 Å². The van der Waals surface area contributed by atoms with Crippen LogP contribution in [0.1, 0.15) is 37.7 Å². The first-order valence-electron chi connectivity index (χ1n) is 8.68. The number of aromatic nitrogens is 1. The molecule has 1 amide bonds. The number of carboxylic acids is 1. The number of aromatic amines is 1. The number of benzene rings is 1. The zero-order chi connectivity index (χ0) is 16.9. The lowest BCUT2D eigenvalue weighted by Gasteiger charge is -2.32. The molecule has 1 atom stereocenters. The maximum absolute atomic E-state index is 12.5. The predicted octanol–water partition coefficient (Wildman–Crippen LogP) is 3.20. The summed E-state index contributed by atoms with van der Waals surface area (Å²) >= 11 is 0. The fraction of sp³-hybridized carbons (Fsp3) is 0.474. The third-order valence-electron chi connectivity index (χ3n) is 4.92. The smallest absolute Gasteiger partial charge is 0.303 e. The summed E-state index contributed by atoms with van der Waals surface area (Å²) in [7, 11) is 0. The molecule has 2 heterocycles. The molecule has 3 rings (SSSR count). The SMILES string of the molecule is O=C(O)CCC1CCCN(C(=O)CCc2c[nH]c3ccccc23)C1. The Bertz CT molecular complexity index is 722. The molecule has 1 aliphatic rings. The maximum atomic E-state index is 12.5. The van der Waals surface area contributed by atoms with Gasteiger partial charge in [0.1, 0.15) is 0 Å². The summed E-state index contributed by atoms with van der Waals surface area (Å²) < 4.78 is 0. The van der Waals surface area contributed by atoms with Crippen LogP contribution in [0.25, 0.3) is 10.9 Å². The van der Waals surface area contributed by atoms with Crippen LogP contribution in [0.3, 0.4) is 0 Å². The van der Waals surface area contributed by atoms with Crippen LogP contribution in [0.4, 0.5) is 0 Å². The molecule has 2 N–H and O–H groups in total. The molecule has 0 radical (unpaired) electrons. The predicted molar refractivity (Wildman–Crippen MR) is 92.8 cm³/mol. The summed E-state index contributed by atoms with van der Waals surface area (Å²) in [5.41, 5.74) is 2.28. The normalized spacial score (nSPS) is 18.0. The van der Waals surface area contributed by atoms with Gasteiger partial charge < -0.3 is 15.0 Å². The average Bonchev–Trinajstić information content (AvgIpc) is 3.01. The molecule has 0 aliphatic carbocycles. The van der Waals surface area contributed by atoms with Crippen LogP contribution >= 0.6 is 0 Å². The quantitative estimate of drug-likeness (QED) is 0.855. The molecule has 128 valence electrons. The number of aliphatic carboxylic acids is 1. The first-order chi connectivity index (χ1) is 11.6. The van der Waals surface area contributed by atoms with Gasteiger partial charge in [-0.15, -0.1) is 0 Å². The third kappa shape index (κ3) is 3.96. The van der Waals surface area contributed by atoms with Crippen molar-refractivity contribution in [3.05, 3.63) is 36.0 Å². The molecule has 0 bridgehead atoms. The molecular weight excluding hydrogens is 304 g/mol. The third-order valence-corrected chi connectivity index (χ3v) is 4.92. The van der Waals surface area contributed by atoms with Crippen molar-refractivity contribution in [3.8, 4) is 0 Å². The second-order valence-corrected chi connectivity index (χ2v) is 6.64. The number of nitrogens with one attached hydrogen (secondary N) is 1. The van der Waals surface area contributed by atoms with Crippen molar-refractivity contribution in [1.82, 2.24) is 9.88 Å². The molecule has 1 aliphatic heterocycles. The summed E-state index contributed by atoms with van der Waals surface area (Å²) in [6, 6.07) is 8.13. The monoisotopic (exact) mass is 328 g/mol. The Kier molecular flexibility index (Phi) is 5.18. The number of H-pyrrole nitrogens is 1.